The van der Waals surface area contributed by atoms with Gasteiger partial charge >= 0.3 is 0 Å². The molecule has 2 heterocycles. The van der Waals surface area contributed by atoms with Crippen LogP contribution in [0, 0.1) is 0 Å². The van der Waals surface area contributed by atoms with Crippen LogP contribution in [0.1, 0.15) is 12.1 Å². The van der Waals surface area contributed by atoms with E-state index in [1.165, 1.54) is 5.57 Å². The average Bonchev–Trinajstić information content (AvgIpc) is 2.69. The number of nitrogens with zero attached hydrogens (tertiary/aromatic N) is 2. The molecule has 0 bridgehead atoms. The summed E-state index contributed by atoms with van der Waals surface area (Å²) in [6.07, 6.45) is 2.96. The molecule has 0 atom stereocenters. The van der Waals surface area contributed by atoms with Crippen LogP contribution < -0.4 is 16.4 Å². The van der Waals surface area contributed by atoms with Gasteiger partial charge in [0.05, 0.1) is 5.69 Å². The van der Waals surface area contributed by atoms with Gasteiger partial charge in [0.1, 0.15) is 5.82 Å². The van der Waals surface area contributed by atoms with E-state index in [2.05, 4.69) is 20.6 Å². The van der Waals surface area contributed by atoms with Crippen LogP contribution in [0.5, 0.6) is 0 Å². The van der Waals surface area contributed by atoms with E-state index in [4.69, 9.17) is 5.73 Å². The molecule has 14 heavy (non-hydrogen) atoms. The van der Waals surface area contributed by atoms with Gasteiger partial charge in [0, 0.05) is 25.9 Å². The molecule has 0 unspecified atom stereocenters. The number of nitrogens with one attached hydrogen (secondary N) is 2. The Hall–Kier alpha value is -1.78. The predicted molar refractivity (Wildman–Crippen MR) is 56.6 cm³/mol. The molecule has 1 aromatic heterocycles. The lowest BCUT2D eigenvalue weighted by Crippen LogP contribution is -2.02. The average molecular weight is 191 g/mol. The first kappa shape index (κ1) is 8.80. The minimum atomic E-state index is 0.305. The van der Waals surface area contributed by atoms with E-state index in [9.17, 15) is 0 Å². The van der Waals surface area contributed by atoms with Crippen LogP contribution in [0.25, 0.3) is 5.57 Å². The fraction of sp³-hybridized carbons (Fsp3) is 0.333. The fourth-order valence-electron chi connectivity index (χ4n) is 1.43. The normalized spacial score (nSPS) is 14.8. The number of rotatable bonds is 2. The number of nitrogen functional groups attached to an aromatic ring is 1. The molecular formula is C9H13N5. The Kier molecular flexibility index (Phi) is 2.22. The molecule has 0 fully saturated rings. The number of nitrogens with two attached hydrogens (primary N) is 1. The summed E-state index contributed by atoms with van der Waals surface area (Å²) in [5.41, 5.74) is 7.66. The van der Waals surface area contributed by atoms with E-state index < -0.39 is 0 Å². The Morgan fingerprint density at radius 2 is 2.36 bits per heavy atom. The van der Waals surface area contributed by atoms with Crippen molar-refractivity contribution in [2.45, 2.75) is 6.42 Å². The van der Waals surface area contributed by atoms with Gasteiger partial charge in [-0.15, -0.1) is 0 Å². The molecule has 0 radical (unpaired) electrons. The fourth-order valence-corrected chi connectivity index (χ4v) is 1.43. The van der Waals surface area contributed by atoms with E-state index in [0.717, 1.165) is 24.5 Å². The summed E-state index contributed by atoms with van der Waals surface area (Å²) in [6.45, 7) is 0.966. The van der Waals surface area contributed by atoms with Gasteiger partial charge in [0.25, 0.3) is 0 Å². The molecule has 1 aliphatic rings. The van der Waals surface area contributed by atoms with Gasteiger partial charge in [-0.1, -0.05) is 0 Å². The summed E-state index contributed by atoms with van der Waals surface area (Å²) in [5, 5.41) is 6.10. The Morgan fingerprint density at radius 1 is 1.50 bits per heavy atom. The second kappa shape index (κ2) is 3.53. The molecule has 2 rings (SSSR count). The summed E-state index contributed by atoms with van der Waals surface area (Å²) >= 11 is 0. The second-order valence-corrected chi connectivity index (χ2v) is 3.12. The van der Waals surface area contributed by atoms with E-state index >= 15 is 0 Å². The molecule has 4 N–H and O–H groups in total. The summed E-state index contributed by atoms with van der Waals surface area (Å²) in [4.78, 5) is 8.21. The molecule has 0 spiro atoms. The first-order valence-corrected chi connectivity index (χ1v) is 4.54. The summed E-state index contributed by atoms with van der Waals surface area (Å²) in [7, 11) is 1.81. The topological polar surface area (TPSA) is 75.9 Å². The molecule has 0 saturated carbocycles. The standard InChI is InChI=1S/C9H13N5/c1-11-8-4-7(13-9(10)14-8)6-2-3-12-5-6/h4-5,12H,2-3H2,1H3,(H3,10,11,13,14). The van der Waals surface area contributed by atoms with Crippen molar-refractivity contribution in [3.63, 3.8) is 0 Å². The van der Waals surface area contributed by atoms with Gasteiger partial charge in [-0.25, -0.2) is 4.98 Å². The summed E-state index contributed by atoms with van der Waals surface area (Å²) in [6, 6.07) is 1.90. The highest BCUT2D eigenvalue weighted by Crippen LogP contribution is 2.20. The minimum absolute atomic E-state index is 0.305. The number of anilines is 2. The van der Waals surface area contributed by atoms with Crippen LogP contribution in [0.3, 0.4) is 0 Å². The molecule has 1 aromatic rings. The Labute approximate surface area is 82.4 Å². The third-order valence-electron chi connectivity index (χ3n) is 2.14. The van der Waals surface area contributed by atoms with Crippen molar-refractivity contribution in [1.82, 2.24) is 15.3 Å². The van der Waals surface area contributed by atoms with Gasteiger partial charge in [0.15, 0.2) is 0 Å². The van der Waals surface area contributed by atoms with Crippen LogP contribution in [0.15, 0.2) is 12.3 Å². The van der Waals surface area contributed by atoms with Gasteiger partial charge in [-0.05, 0) is 12.0 Å². The second-order valence-electron chi connectivity index (χ2n) is 3.12. The molecule has 1 aliphatic heterocycles. The van der Waals surface area contributed by atoms with E-state index in [-0.39, 0.29) is 0 Å². The van der Waals surface area contributed by atoms with Gasteiger partial charge in [-0.2, -0.15) is 4.98 Å². The molecule has 0 aliphatic carbocycles. The van der Waals surface area contributed by atoms with Crippen molar-refractivity contribution in [3.8, 4) is 0 Å². The summed E-state index contributed by atoms with van der Waals surface area (Å²) < 4.78 is 0. The highest BCUT2D eigenvalue weighted by atomic mass is 15.1. The minimum Gasteiger partial charge on any atom is -0.390 e. The van der Waals surface area contributed by atoms with Crippen LogP contribution in [-0.4, -0.2) is 23.6 Å². The highest BCUT2D eigenvalue weighted by molar-refractivity contribution is 5.67. The zero-order valence-electron chi connectivity index (χ0n) is 8.04. The third kappa shape index (κ3) is 1.61. The number of hydrogen-bond donors (Lipinski definition) is 3. The summed E-state index contributed by atoms with van der Waals surface area (Å²) in [5.74, 6) is 1.06. The highest BCUT2D eigenvalue weighted by Gasteiger charge is 2.10. The zero-order valence-corrected chi connectivity index (χ0v) is 8.04. The van der Waals surface area contributed by atoms with Crippen LogP contribution in [0.2, 0.25) is 0 Å². The molecule has 0 saturated heterocycles. The van der Waals surface area contributed by atoms with Gasteiger partial charge in [-0.3, -0.25) is 0 Å². The lowest BCUT2D eigenvalue weighted by Gasteiger charge is -2.04. The number of hydrogen-bond acceptors (Lipinski definition) is 5. The molecule has 0 aromatic carbocycles. The largest absolute Gasteiger partial charge is 0.390 e. The van der Waals surface area contributed by atoms with E-state index in [1.54, 1.807) is 0 Å². The van der Waals surface area contributed by atoms with Crippen LogP contribution in [-0.2, 0) is 0 Å². The van der Waals surface area contributed by atoms with E-state index in [1.807, 2.05) is 19.3 Å². The van der Waals surface area contributed by atoms with E-state index in [0.29, 0.717) is 5.95 Å². The Morgan fingerprint density at radius 3 is 3.00 bits per heavy atom. The first-order chi connectivity index (χ1) is 6.79. The Balaban J connectivity index is 2.37. The SMILES string of the molecule is CNc1cc(C2=CNCC2)nc(N)n1. The van der Waals surface area contributed by atoms with Crippen molar-refractivity contribution >= 4 is 17.3 Å². The van der Waals surface area contributed by atoms with Crippen molar-refractivity contribution < 1.29 is 0 Å². The molecular weight excluding hydrogens is 178 g/mol. The van der Waals surface area contributed by atoms with Crippen LogP contribution in [0.4, 0.5) is 11.8 Å². The molecule has 5 heteroatoms. The first-order valence-electron chi connectivity index (χ1n) is 4.54. The van der Waals surface area contributed by atoms with Crippen molar-refractivity contribution in [2.75, 3.05) is 24.6 Å². The zero-order chi connectivity index (χ0) is 9.97. The quantitative estimate of drug-likeness (QED) is 0.632. The lowest BCUT2D eigenvalue weighted by molar-refractivity contribution is 0.918. The van der Waals surface area contributed by atoms with Gasteiger partial charge in [0.2, 0.25) is 5.95 Å². The van der Waals surface area contributed by atoms with Crippen molar-refractivity contribution in [1.29, 1.82) is 0 Å². The smallest absolute Gasteiger partial charge is 0.222 e. The number of aromatic nitrogens is 2. The maximum Gasteiger partial charge on any atom is 0.222 e. The molecule has 0 amide bonds. The predicted octanol–water partition coefficient (Wildman–Crippen LogP) is 0.435. The van der Waals surface area contributed by atoms with Crippen molar-refractivity contribution in [3.05, 3.63) is 18.0 Å². The maximum absolute atomic E-state index is 5.59. The van der Waals surface area contributed by atoms with Gasteiger partial charge < -0.3 is 16.4 Å². The molecule has 5 nitrogen and oxygen atoms in total. The van der Waals surface area contributed by atoms with Crippen molar-refractivity contribution in [2.24, 2.45) is 0 Å². The maximum atomic E-state index is 5.59. The third-order valence-corrected chi connectivity index (χ3v) is 2.14. The monoisotopic (exact) mass is 191 g/mol. The Bertz CT molecular complexity index is 371. The van der Waals surface area contributed by atoms with Crippen LogP contribution >= 0.6 is 0 Å². The lowest BCUT2D eigenvalue weighted by atomic mass is 10.1. The molecule has 74 valence electrons.